The first-order valence-electron chi connectivity index (χ1n) is 5.30. The van der Waals surface area contributed by atoms with Gasteiger partial charge in [0.1, 0.15) is 11.6 Å². The van der Waals surface area contributed by atoms with Gasteiger partial charge < -0.3 is 9.73 Å². The molecule has 0 aliphatic carbocycles. The normalized spacial score (nSPS) is 12.7. The van der Waals surface area contributed by atoms with Crippen LogP contribution < -0.4 is 5.32 Å². The van der Waals surface area contributed by atoms with E-state index in [-0.39, 0.29) is 11.9 Å². The molecule has 0 aliphatic heterocycles. The summed E-state index contributed by atoms with van der Waals surface area (Å²) in [6.45, 7) is 1.94. The maximum Gasteiger partial charge on any atom is 0.142 e. The SMILES string of the molecule is CNC(c1cccc(Br)c1F)c1occc1C. The van der Waals surface area contributed by atoms with Crippen molar-refractivity contribution in [1.82, 2.24) is 5.32 Å². The molecular formula is C13H13BrFNO. The highest BCUT2D eigenvalue weighted by Crippen LogP contribution is 2.30. The lowest BCUT2D eigenvalue weighted by atomic mass is 10.0. The molecule has 1 aromatic heterocycles. The van der Waals surface area contributed by atoms with E-state index in [9.17, 15) is 4.39 Å². The van der Waals surface area contributed by atoms with Gasteiger partial charge in [0.2, 0.25) is 0 Å². The molecule has 0 fully saturated rings. The summed E-state index contributed by atoms with van der Waals surface area (Å²) in [5, 5.41) is 3.08. The second kappa shape index (κ2) is 5.02. The molecule has 1 N–H and O–H groups in total. The summed E-state index contributed by atoms with van der Waals surface area (Å²) < 4.78 is 19.9. The Morgan fingerprint density at radius 1 is 1.35 bits per heavy atom. The van der Waals surface area contributed by atoms with E-state index in [4.69, 9.17) is 4.42 Å². The van der Waals surface area contributed by atoms with Crippen LogP contribution in [-0.2, 0) is 0 Å². The molecule has 2 nitrogen and oxygen atoms in total. The maximum atomic E-state index is 14.0. The average molecular weight is 298 g/mol. The van der Waals surface area contributed by atoms with Gasteiger partial charge in [0.25, 0.3) is 0 Å². The number of rotatable bonds is 3. The highest BCUT2D eigenvalue weighted by atomic mass is 79.9. The minimum absolute atomic E-state index is 0.261. The van der Waals surface area contributed by atoms with E-state index in [0.29, 0.717) is 10.0 Å². The highest BCUT2D eigenvalue weighted by Gasteiger charge is 2.21. The third-order valence-corrected chi connectivity index (χ3v) is 3.36. The van der Waals surface area contributed by atoms with E-state index >= 15 is 0 Å². The van der Waals surface area contributed by atoms with Crippen LogP contribution in [0.1, 0.15) is 22.9 Å². The van der Waals surface area contributed by atoms with Crippen LogP contribution in [0.15, 0.2) is 39.4 Å². The molecule has 0 saturated carbocycles. The number of hydrogen-bond donors (Lipinski definition) is 1. The van der Waals surface area contributed by atoms with Gasteiger partial charge in [0.05, 0.1) is 16.8 Å². The highest BCUT2D eigenvalue weighted by molar-refractivity contribution is 9.10. The van der Waals surface area contributed by atoms with Gasteiger partial charge in [-0.1, -0.05) is 12.1 Å². The van der Waals surface area contributed by atoms with E-state index < -0.39 is 0 Å². The van der Waals surface area contributed by atoms with Crippen molar-refractivity contribution in [2.75, 3.05) is 7.05 Å². The molecule has 2 aromatic rings. The van der Waals surface area contributed by atoms with Gasteiger partial charge in [-0.2, -0.15) is 0 Å². The summed E-state index contributed by atoms with van der Waals surface area (Å²) in [5.41, 5.74) is 1.57. The van der Waals surface area contributed by atoms with Gasteiger partial charge in [-0.15, -0.1) is 0 Å². The van der Waals surface area contributed by atoms with Crippen LogP contribution in [0.2, 0.25) is 0 Å². The smallest absolute Gasteiger partial charge is 0.142 e. The Morgan fingerprint density at radius 2 is 2.12 bits per heavy atom. The molecule has 0 radical (unpaired) electrons. The minimum Gasteiger partial charge on any atom is -0.467 e. The first kappa shape index (κ1) is 12.3. The Bertz CT molecular complexity index is 524. The van der Waals surface area contributed by atoms with Gasteiger partial charge >= 0.3 is 0 Å². The quantitative estimate of drug-likeness (QED) is 0.932. The first-order valence-corrected chi connectivity index (χ1v) is 6.09. The van der Waals surface area contributed by atoms with E-state index in [1.807, 2.05) is 19.1 Å². The lowest BCUT2D eigenvalue weighted by Crippen LogP contribution is -2.19. The summed E-state index contributed by atoms with van der Waals surface area (Å²) in [5.74, 6) is 0.479. The predicted molar refractivity (Wildman–Crippen MR) is 68.4 cm³/mol. The second-order valence-electron chi connectivity index (χ2n) is 3.83. The van der Waals surface area contributed by atoms with Crippen molar-refractivity contribution < 1.29 is 8.81 Å². The van der Waals surface area contributed by atoms with Crippen molar-refractivity contribution in [2.45, 2.75) is 13.0 Å². The number of furan rings is 1. The van der Waals surface area contributed by atoms with E-state index in [2.05, 4.69) is 21.2 Å². The second-order valence-corrected chi connectivity index (χ2v) is 4.69. The number of benzene rings is 1. The van der Waals surface area contributed by atoms with Crippen LogP contribution in [0.4, 0.5) is 4.39 Å². The van der Waals surface area contributed by atoms with Crippen molar-refractivity contribution >= 4 is 15.9 Å². The van der Waals surface area contributed by atoms with Crippen molar-refractivity contribution in [1.29, 1.82) is 0 Å². The molecule has 0 saturated heterocycles. The number of nitrogens with one attached hydrogen (secondary N) is 1. The van der Waals surface area contributed by atoms with Gasteiger partial charge in [-0.25, -0.2) is 4.39 Å². The minimum atomic E-state index is -0.275. The van der Waals surface area contributed by atoms with Crippen molar-refractivity contribution in [2.24, 2.45) is 0 Å². The molecular weight excluding hydrogens is 285 g/mol. The molecule has 2 rings (SSSR count). The van der Waals surface area contributed by atoms with Crippen molar-refractivity contribution in [3.8, 4) is 0 Å². The molecule has 0 aliphatic rings. The Kier molecular flexibility index (Phi) is 3.64. The van der Waals surface area contributed by atoms with Gasteiger partial charge in [0.15, 0.2) is 0 Å². The summed E-state index contributed by atoms with van der Waals surface area (Å²) in [4.78, 5) is 0. The van der Waals surface area contributed by atoms with Crippen molar-refractivity contribution in [3.05, 3.63) is 57.7 Å². The summed E-state index contributed by atoms with van der Waals surface area (Å²) in [6, 6.07) is 6.84. The first-order chi connectivity index (χ1) is 8.15. The molecule has 1 heterocycles. The zero-order valence-electron chi connectivity index (χ0n) is 9.63. The fourth-order valence-electron chi connectivity index (χ4n) is 1.85. The predicted octanol–water partition coefficient (Wildman–Crippen LogP) is 3.80. The Hall–Kier alpha value is -1.13. The number of aryl methyl sites for hydroxylation is 1. The topological polar surface area (TPSA) is 25.2 Å². The molecule has 4 heteroatoms. The third-order valence-electron chi connectivity index (χ3n) is 2.75. The Balaban J connectivity index is 2.50. The zero-order valence-corrected chi connectivity index (χ0v) is 11.2. The van der Waals surface area contributed by atoms with Crippen LogP contribution in [0, 0.1) is 12.7 Å². The zero-order chi connectivity index (χ0) is 12.4. The van der Waals surface area contributed by atoms with Crippen LogP contribution >= 0.6 is 15.9 Å². The fourth-order valence-corrected chi connectivity index (χ4v) is 2.23. The molecule has 0 amide bonds. The molecule has 17 heavy (non-hydrogen) atoms. The molecule has 1 unspecified atom stereocenters. The summed E-state index contributed by atoms with van der Waals surface area (Å²) >= 11 is 3.19. The van der Waals surface area contributed by atoms with Crippen LogP contribution in [0.3, 0.4) is 0 Å². The molecule has 0 spiro atoms. The average Bonchev–Trinajstić information content (AvgIpc) is 2.72. The van der Waals surface area contributed by atoms with Crippen LogP contribution in [0.5, 0.6) is 0 Å². The van der Waals surface area contributed by atoms with Crippen molar-refractivity contribution in [3.63, 3.8) is 0 Å². The lowest BCUT2D eigenvalue weighted by Gasteiger charge is -2.16. The van der Waals surface area contributed by atoms with E-state index in [1.165, 1.54) is 0 Å². The standard InChI is InChI=1S/C13H13BrFNO/c1-8-6-7-17-13(8)12(16-2)9-4-3-5-10(14)11(9)15/h3-7,12,16H,1-2H3. The van der Waals surface area contributed by atoms with Crippen LogP contribution in [0.25, 0.3) is 0 Å². The van der Waals surface area contributed by atoms with Crippen LogP contribution in [-0.4, -0.2) is 7.05 Å². The van der Waals surface area contributed by atoms with Gasteiger partial charge in [-0.3, -0.25) is 0 Å². The molecule has 1 aromatic carbocycles. The number of halogens is 2. The fraction of sp³-hybridized carbons (Fsp3) is 0.231. The maximum absolute atomic E-state index is 14.0. The summed E-state index contributed by atoms with van der Waals surface area (Å²) in [6.07, 6.45) is 1.62. The Labute approximate surface area is 108 Å². The monoisotopic (exact) mass is 297 g/mol. The molecule has 90 valence electrons. The molecule has 0 bridgehead atoms. The summed E-state index contributed by atoms with van der Waals surface area (Å²) in [7, 11) is 1.78. The number of hydrogen-bond acceptors (Lipinski definition) is 2. The largest absolute Gasteiger partial charge is 0.467 e. The van der Waals surface area contributed by atoms with Gasteiger partial charge in [0, 0.05) is 5.56 Å². The Morgan fingerprint density at radius 3 is 2.71 bits per heavy atom. The van der Waals surface area contributed by atoms with E-state index in [1.54, 1.807) is 25.4 Å². The third kappa shape index (κ3) is 2.28. The lowest BCUT2D eigenvalue weighted by molar-refractivity contribution is 0.449. The van der Waals surface area contributed by atoms with Gasteiger partial charge in [-0.05, 0) is 47.6 Å². The molecule has 1 atom stereocenters. The van der Waals surface area contributed by atoms with E-state index in [0.717, 1.165) is 11.3 Å².